The summed E-state index contributed by atoms with van der Waals surface area (Å²) in [7, 11) is 0. The molecular formula is C14H21N3O3. The van der Waals surface area contributed by atoms with Crippen LogP contribution in [0.5, 0.6) is 0 Å². The molecule has 0 aliphatic carbocycles. The summed E-state index contributed by atoms with van der Waals surface area (Å²) in [4.78, 5) is 11.4. The van der Waals surface area contributed by atoms with E-state index in [-0.39, 0.29) is 19.1 Å². The average Bonchev–Trinajstić information content (AvgIpc) is 2.46. The second-order valence-electron chi connectivity index (χ2n) is 5.22. The molecule has 110 valence electrons. The Morgan fingerprint density at radius 3 is 2.65 bits per heavy atom. The molecule has 0 spiro atoms. The average molecular weight is 279 g/mol. The number of hydrogen-bond donors (Lipinski definition) is 5. The van der Waals surface area contributed by atoms with Crippen molar-refractivity contribution in [2.75, 3.05) is 29.6 Å². The predicted molar refractivity (Wildman–Crippen MR) is 78.6 cm³/mol. The first-order chi connectivity index (χ1) is 9.53. The standard InChI is InChI=1S/C14H21N3O3/c1-2-14(7-18,8-19)17-12-6-11-9(5-10(12)15)3-4-13(20)16-11/h5-6,17-19H,2-4,7-8,15H2,1H3,(H,16,20). The molecule has 6 nitrogen and oxygen atoms in total. The molecule has 1 heterocycles. The minimum absolute atomic E-state index is 0.0145. The van der Waals surface area contributed by atoms with Gasteiger partial charge >= 0.3 is 0 Å². The zero-order valence-electron chi connectivity index (χ0n) is 11.6. The van der Waals surface area contributed by atoms with E-state index in [0.29, 0.717) is 30.6 Å². The van der Waals surface area contributed by atoms with E-state index in [1.54, 1.807) is 6.07 Å². The van der Waals surface area contributed by atoms with Crippen LogP contribution in [0.4, 0.5) is 17.1 Å². The van der Waals surface area contributed by atoms with Gasteiger partial charge in [-0.25, -0.2) is 0 Å². The van der Waals surface area contributed by atoms with Crippen LogP contribution in [0.25, 0.3) is 0 Å². The molecule has 20 heavy (non-hydrogen) atoms. The van der Waals surface area contributed by atoms with E-state index in [1.807, 2.05) is 13.0 Å². The first-order valence-electron chi connectivity index (χ1n) is 6.75. The fourth-order valence-electron chi connectivity index (χ4n) is 2.28. The van der Waals surface area contributed by atoms with Gasteiger partial charge in [0.1, 0.15) is 0 Å². The molecule has 0 bridgehead atoms. The van der Waals surface area contributed by atoms with Gasteiger partial charge < -0.3 is 26.6 Å². The summed E-state index contributed by atoms with van der Waals surface area (Å²) in [5.74, 6) is -0.0145. The summed E-state index contributed by atoms with van der Waals surface area (Å²) in [6.07, 6.45) is 1.68. The van der Waals surface area contributed by atoms with E-state index in [2.05, 4.69) is 10.6 Å². The Bertz CT molecular complexity index is 504. The second-order valence-corrected chi connectivity index (χ2v) is 5.22. The molecule has 6 heteroatoms. The van der Waals surface area contributed by atoms with Crippen LogP contribution in [0, 0.1) is 0 Å². The van der Waals surface area contributed by atoms with Gasteiger partial charge in [-0.3, -0.25) is 4.79 Å². The third kappa shape index (κ3) is 2.71. The van der Waals surface area contributed by atoms with E-state index in [9.17, 15) is 15.0 Å². The summed E-state index contributed by atoms with van der Waals surface area (Å²) in [6.45, 7) is 1.46. The van der Waals surface area contributed by atoms with Crippen molar-refractivity contribution in [1.29, 1.82) is 0 Å². The number of aliphatic hydroxyl groups is 2. The van der Waals surface area contributed by atoms with E-state index in [4.69, 9.17) is 5.73 Å². The number of carbonyl (C=O) groups is 1. The topological polar surface area (TPSA) is 108 Å². The fourth-order valence-corrected chi connectivity index (χ4v) is 2.28. The van der Waals surface area contributed by atoms with Crippen LogP contribution in [0.2, 0.25) is 0 Å². The van der Waals surface area contributed by atoms with Crippen molar-refractivity contribution in [3.63, 3.8) is 0 Å². The number of nitrogens with one attached hydrogen (secondary N) is 2. The number of fused-ring (bicyclic) bond motifs is 1. The molecule has 1 aliphatic rings. The van der Waals surface area contributed by atoms with E-state index in [1.165, 1.54) is 0 Å². The highest BCUT2D eigenvalue weighted by molar-refractivity contribution is 5.95. The summed E-state index contributed by atoms with van der Waals surface area (Å²) in [6, 6.07) is 3.59. The zero-order valence-corrected chi connectivity index (χ0v) is 11.6. The number of rotatable bonds is 5. The number of anilines is 3. The van der Waals surface area contributed by atoms with Gasteiger partial charge in [0.15, 0.2) is 0 Å². The lowest BCUT2D eigenvalue weighted by atomic mass is 9.96. The molecule has 0 unspecified atom stereocenters. The molecular weight excluding hydrogens is 258 g/mol. The number of hydrogen-bond acceptors (Lipinski definition) is 5. The first-order valence-corrected chi connectivity index (χ1v) is 6.75. The lowest BCUT2D eigenvalue weighted by molar-refractivity contribution is -0.116. The maximum Gasteiger partial charge on any atom is 0.224 e. The molecule has 1 aliphatic heterocycles. The zero-order chi connectivity index (χ0) is 14.8. The highest BCUT2D eigenvalue weighted by atomic mass is 16.3. The molecule has 1 aromatic rings. The van der Waals surface area contributed by atoms with Crippen LogP contribution in [0.1, 0.15) is 25.3 Å². The van der Waals surface area contributed by atoms with Crippen molar-refractivity contribution in [3.05, 3.63) is 17.7 Å². The van der Waals surface area contributed by atoms with Crippen LogP contribution in [0.15, 0.2) is 12.1 Å². The van der Waals surface area contributed by atoms with Gasteiger partial charge in [0.05, 0.1) is 30.1 Å². The Balaban J connectivity index is 2.33. The highest BCUT2D eigenvalue weighted by Gasteiger charge is 2.27. The Labute approximate surface area is 118 Å². The Hall–Kier alpha value is -1.79. The van der Waals surface area contributed by atoms with E-state index < -0.39 is 5.54 Å². The van der Waals surface area contributed by atoms with Gasteiger partial charge in [0.2, 0.25) is 5.91 Å². The maximum atomic E-state index is 11.4. The number of aliphatic hydroxyl groups excluding tert-OH is 2. The summed E-state index contributed by atoms with van der Waals surface area (Å²) in [5.41, 5.74) is 8.08. The monoisotopic (exact) mass is 279 g/mol. The maximum absolute atomic E-state index is 11.4. The van der Waals surface area contributed by atoms with Gasteiger partial charge in [-0.1, -0.05) is 6.92 Å². The molecule has 0 fully saturated rings. The summed E-state index contributed by atoms with van der Waals surface area (Å²) >= 11 is 0. The van der Waals surface area contributed by atoms with Crippen molar-refractivity contribution < 1.29 is 15.0 Å². The van der Waals surface area contributed by atoms with Gasteiger partial charge in [0, 0.05) is 12.1 Å². The minimum Gasteiger partial charge on any atom is -0.397 e. The lowest BCUT2D eigenvalue weighted by Gasteiger charge is -2.32. The third-order valence-electron chi connectivity index (χ3n) is 3.85. The highest BCUT2D eigenvalue weighted by Crippen LogP contribution is 2.33. The van der Waals surface area contributed by atoms with E-state index in [0.717, 1.165) is 11.3 Å². The van der Waals surface area contributed by atoms with Crippen molar-refractivity contribution in [2.45, 2.75) is 31.7 Å². The summed E-state index contributed by atoms with van der Waals surface area (Å²) < 4.78 is 0. The number of nitrogen functional groups attached to an aromatic ring is 1. The molecule has 0 radical (unpaired) electrons. The molecule has 0 aromatic heterocycles. The minimum atomic E-state index is -0.818. The number of amides is 1. The summed E-state index contributed by atoms with van der Waals surface area (Å²) in [5, 5.41) is 24.9. The number of benzene rings is 1. The van der Waals surface area contributed by atoms with Crippen LogP contribution in [-0.4, -0.2) is 34.9 Å². The fraction of sp³-hybridized carbons (Fsp3) is 0.500. The largest absolute Gasteiger partial charge is 0.397 e. The van der Waals surface area contributed by atoms with E-state index >= 15 is 0 Å². The van der Waals surface area contributed by atoms with Crippen molar-refractivity contribution in [2.24, 2.45) is 0 Å². The lowest BCUT2D eigenvalue weighted by Crippen LogP contribution is -2.45. The molecule has 0 saturated heterocycles. The van der Waals surface area contributed by atoms with Gasteiger partial charge in [0.25, 0.3) is 0 Å². The first kappa shape index (κ1) is 14.6. The Morgan fingerprint density at radius 2 is 2.05 bits per heavy atom. The van der Waals surface area contributed by atoms with Gasteiger partial charge in [-0.2, -0.15) is 0 Å². The van der Waals surface area contributed by atoms with Crippen molar-refractivity contribution in [3.8, 4) is 0 Å². The molecule has 6 N–H and O–H groups in total. The second kappa shape index (κ2) is 5.68. The number of aryl methyl sites for hydroxylation is 1. The smallest absolute Gasteiger partial charge is 0.224 e. The van der Waals surface area contributed by atoms with Crippen LogP contribution in [-0.2, 0) is 11.2 Å². The molecule has 1 aromatic carbocycles. The van der Waals surface area contributed by atoms with Crippen LogP contribution in [0.3, 0.4) is 0 Å². The number of carbonyl (C=O) groups excluding carboxylic acids is 1. The molecule has 2 rings (SSSR count). The Morgan fingerprint density at radius 1 is 1.35 bits per heavy atom. The number of nitrogens with two attached hydrogens (primary N) is 1. The quantitative estimate of drug-likeness (QED) is 0.510. The van der Waals surface area contributed by atoms with Gasteiger partial charge in [-0.05, 0) is 30.5 Å². The molecule has 0 atom stereocenters. The van der Waals surface area contributed by atoms with Crippen LogP contribution < -0.4 is 16.4 Å². The SMILES string of the molecule is CCC(CO)(CO)Nc1cc2c(cc1N)CCC(=O)N2. The van der Waals surface area contributed by atoms with Crippen molar-refractivity contribution in [1.82, 2.24) is 0 Å². The molecule has 1 amide bonds. The third-order valence-corrected chi connectivity index (χ3v) is 3.85. The van der Waals surface area contributed by atoms with Crippen molar-refractivity contribution >= 4 is 23.0 Å². The Kier molecular flexibility index (Phi) is 4.15. The van der Waals surface area contributed by atoms with Crippen LogP contribution >= 0.6 is 0 Å². The normalized spacial score (nSPS) is 14.7. The predicted octanol–water partition coefficient (Wildman–Crippen LogP) is 0.699. The molecule has 0 saturated carbocycles. The van der Waals surface area contributed by atoms with Gasteiger partial charge in [-0.15, -0.1) is 0 Å².